The second-order valence-electron chi connectivity index (χ2n) is 6.01. The van der Waals surface area contributed by atoms with Crippen molar-refractivity contribution in [3.05, 3.63) is 11.9 Å². The molecular formula is C14H22N4. The van der Waals surface area contributed by atoms with E-state index < -0.39 is 0 Å². The van der Waals surface area contributed by atoms with E-state index in [4.69, 9.17) is 5.73 Å². The lowest BCUT2D eigenvalue weighted by atomic mass is 9.88. The van der Waals surface area contributed by atoms with Crippen LogP contribution in [-0.2, 0) is 0 Å². The molecule has 18 heavy (non-hydrogen) atoms. The molecular weight excluding hydrogens is 224 g/mol. The molecule has 0 spiro atoms. The monoisotopic (exact) mass is 246 g/mol. The summed E-state index contributed by atoms with van der Waals surface area (Å²) >= 11 is 0. The summed E-state index contributed by atoms with van der Waals surface area (Å²) < 4.78 is 0. The van der Waals surface area contributed by atoms with Crippen LogP contribution in [0.2, 0.25) is 0 Å². The van der Waals surface area contributed by atoms with Gasteiger partial charge in [-0.2, -0.15) is 0 Å². The molecule has 3 atom stereocenters. The fourth-order valence-corrected chi connectivity index (χ4v) is 3.82. The Morgan fingerprint density at radius 3 is 2.78 bits per heavy atom. The van der Waals surface area contributed by atoms with E-state index in [1.165, 1.54) is 25.7 Å². The number of hydrogen-bond acceptors (Lipinski definition) is 4. The van der Waals surface area contributed by atoms with E-state index in [-0.39, 0.29) is 0 Å². The van der Waals surface area contributed by atoms with Crippen molar-refractivity contribution in [3.63, 3.8) is 0 Å². The zero-order chi connectivity index (χ0) is 12.7. The number of aromatic nitrogens is 2. The Bertz CT molecular complexity index is 425. The molecule has 2 aliphatic carbocycles. The van der Waals surface area contributed by atoms with Gasteiger partial charge in [-0.3, -0.25) is 0 Å². The van der Waals surface area contributed by atoms with E-state index >= 15 is 0 Å². The van der Waals surface area contributed by atoms with Gasteiger partial charge in [-0.15, -0.1) is 0 Å². The van der Waals surface area contributed by atoms with E-state index in [0.717, 1.165) is 35.9 Å². The number of aryl methyl sites for hydroxylation is 1. The van der Waals surface area contributed by atoms with Crippen molar-refractivity contribution in [1.29, 1.82) is 0 Å². The maximum atomic E-state index is 5.79. The van der Waals surface area contributed by atoms with Gasteiger partial charge >= 0.3 is 0 Å². The third kappa shape index (κ3) is 2.16. The second kappa shape index (κ2) is 4.41. The third-order valence-corrected chi connectivity index (χ3v) is 4.63. The van der Waals surface area contributed by atoms with Gasteiger partial charge in [0.25, 0.3) is 0 Å². The summed E-state index contributed by atoms with van der Waals surface area (Å²) in [4.78, 5) is 10.8. The first kappa shape index (κ1) is 11.8. The predicted octanol–water partition coefficient (Wildman–Crippen LogP) is 2.24. The predicted molar refractivity (Wildman–Crippen MR) is 73.4 cm³/mol. The molecule has 0 radical (unpaired) electrons. The molecule has 3 unspecified atom stereocenters. The van der Waals surface area contributed by atoms with Crippen molar-refractivity contribution >= 4 is 11.6 Å². The first-order chi connectivity index (χ1) is 8.61. The molecule has 4 nitrogen and oxygen atoms in total. The average molecular weight is 246 g/mol. The van der Waals surface area contributed by atoms with Crippen LogP contribution < -0.4 is 10.6 Å². The van der Waals surface area contributed by atoms with Crippen LogP contribution >= 0.6 is 0 Å². The normalized spacial score (nSPS) is 29.8. The highest BCUT2D eigenvalue weighted by Gasteiger charge is 2.39. The molecule has 2 N–H and O–H groups in total. The molecule has 0 amide bonds. The smallest absolute Gasteiger partial charge is 0.134 e. The number of fused-ring (bicyclic) bond motifs is 2. The van der Waals surface area contributed by atoms with E-state index in [2.05, 4.69) is 21.9 Å². The molecule has 4 heteroatoms. The zero-order valence-electron chi connectivity index (χ0n) is 11.3. The molecule has 2 saturated carbocycles. The highest BCUT2D eigenvalue weighted by Crippen LogP contribution is 2.48. The van der Waals surface area contributed by atoms with Gasteiger partial charge in [-0.25, -0.2) is 9.97 Å². The lowest BCUT2D eigenvalue weighted by Gasteiger charge is -2.28. The summed E-state index contributed by atoms with van der Waals surface area (Å²) in [7, 11) is 2.12. The Balaban J connectivity index is 1.69. The highest BCUT2D eigenvalue weighted by atomic mass is 15.2. The van der Waals surface area contributed by atoms with Gasteiger partial charge in [0.2, 0.25) is 0 Å². The van der Waals surface area contributed by atoms with Crippen LogP contribution in [0.4, 0.5) is 11.6 Å². The minimum atomic E-state index is 0.567. The van der Waals surface area contributed by atoms with Gasteiger partial charge in [0, 0.05) is 19.7 Å². The summed E-state index contributed by atoms with van der Waals surface area (Å²) in [6.45, 7) is 3.00. The van der Waals surface area contributed by atoms with Crippen LogP contribution in [-0.4, -0.2) is 23.6 Å². The van der Waals surface area contributed by atoms with Crippen molar-refractivity contribution < 1.29 is 0 Å². The summed E-state index contributed by atoms with van der Waals surface area (Å²) in [6.07, 6.45) is 5.77. The minimum absolute atomic E-state index is 0.567. The number of nitrogen functional groups attached to an aromatic ring is 1. The molecule has 0 saturated heterocycles. The fraction of sp³-hybridized carbons (Fsp3) is 0.714. The molecule has 0 aliphatic heterocycles. The molecule has 2 aliphatic rings. The van der Waals surface area contributed by atoms with Gasteiger partial charge < -0.3 is 10.6 Å². The maximum absolute atomic E-state index is 5.79. The number of rotatable bonds is 3. The van der Waals surface area contributed by atoms with Gasteiger partial charge in [0.15, 0.2) is 0 Å². The molecule has 1 aromatic rings. The van der Waals surface area contributed by atoms with E-state index in [1.54, 1.807) is 0 Å². The quantitative estimate of drug-likeness (QED) is 0.888. The van der Waals surface area contributed by atoms with Crippen molar-refractivity contribution in [3.8, 4) is 0 Å². The summed E-state index contributed by atoms with van der Waals surface area (Å²) in [6, 6.07) is 1.88. The first-order valence-corrected chi connectivity index (χ1v) is 6.94. The SMILES string of the molecule is Cc1nc(N)cc(N(C)CC2CC3CCC2C3)n1. The number of anilines is 2. The Labute approximate surface area is 109 Å². The summed E-state index contributed by atoms with van der Waals surface area (Å²) in [5.41, 5.74) is 5.79. The van der Waals surface area contributed by atoms with Crippen molar-refractivity contribution in [2.75, 3.05) is 24.2 Å². The lowest BCUT2D eigenvalue weighted by molar-refractivity contribution is 0.337. The zero-order valence-corrected chi connectivity index (χ0v) is 11.3. The number of nitrogens with zero attached hydrogens (tertiary/aromatic N) is 3. The highest BCUT2D eigenvalue weighted by molar-refractivity contribution is 5.46. The third-order valence-electron chi connectivity index (χ3n) is 4.63. The molecule has 98 valence electrons. The minimum Gasteiger partial charge on any atom is -0.384 e. The van der Waals surface area contributed by atoms with E-state index in [0.29, 0.717) is 5.82 Å². The fourth-order valence-electron chi connectivity index (χ4n) is 3.82. The topological polar surface area (TPSA) is 55.0 Å². The van der Waals surface area contributed by atoms with E-state index in [1.807, 2.05) is 13.0 Å². The lowest BCUT2D eigenvalue weighted by Crippen LogP contribution is -2.29. The van der Waals surface area contributed by atoms with Crippen LogP contribution in [0, 0.1) is 24.7 Å². The number of nitrogens with two attached hydrogens (primary N) is 1. The van der Waals surface area contributed by atoms with Gasteiger partial charge in [-0.05, 0) is 43.9 Å². The number of hydrogen-bond donors (Lipinski definition) is 1. The Hall–Kier alpha value is -1.32. The van der Waals surface area contributed by atoms with Gasteiger partial charge in [-0.1, -0.05) is 6.42 Å². The van der Waals surface area contributed by atoms with Crippen LogP contribution in [0.15, 0.2) is 6.07 Å². The van der Waals surface area contributed by atoms with Crippen molar-refractivity contribution in [1.82, 2.24) is 9.97 Å². The molecule has 2 fully saturated rings. The summed E-state index contributed by atoms with van der Waals surface area (Å²) in [5, 5.41) is 0. The Kier molecular flexibility index (Phi) is 2.88. The average Bonchev–Trinajstić information content (AvgIpc) is 2.89. The molecule has 0 aromatic carbocycles. The molecule has 1 heterocycles. The first-order valence-electron chi connectivity index (χ1n) is 6.94. The standard InChI is InChI=1S/C14H22N4/c1-9-16-13(15)7-14(17-9)18(2)8-12-6-10-3-4-11(12)5-10/h7,10-12H,3-6,8H2,1-2H3,(H2,15,16,17). The van der Waals surface area contributed by atoms with Crippen LogP contribution in [0.5, 0.6) is 0 Å². The van der Waals surface area contributed by atoms with Gasteiger partial charge in [0.1, 0.15) is 17.5 Å². The molecule has 1 aromatic heterocycles. The van der Waals surface area contributed by atoms with Crippen molar-refractivity contribution in [2.45, 2.75) is 32.6 Å². The Morgan fingerprint density at radius 2 is 2.17 bits per heavy atom. The molecule has 2 bridgehead atoms. The molecule has 3 rings (SSSR count). The van der Waals surface area contributed by atoms with Crippen LogP contribution in [0.1, 0.15) is 31.5 Å². The van der Waals surface area contributed by atoms with Crippen molar-refractivity contribution in [2.24, 2.45) is 17.8 Å². The maximum Gasteiger partial charge on any atom is 0.134 e. The summed E-state index contributed by atoms with van der Waals surface area (Å²) in [5.74, 6) is 5.10. The van der Waals surface area contributed by atoms with Crippen LogP contribution in [0.25, 0.3) is 0 Å². The van der Waals surface area contributed by atoms with Gasteiger partial charge in [0.05, 0.1) is 0 Å². The Morgan fingerprint density at radius 1 is 1.33 bits per heavy atom. The van der Waals surface area contributed by atoms with E-state index in [9.17, 15) is 0 Å². The largest absolute Gasteiger partial charge is 0.384 e. The second-order valence-corrected chi connectivity index (χ2v) is 6.01. The van der Waals surface area contributed by atoms with Crippen LogP contribution in [0.3, 0.4) is 0 Å².